The van der Waals surface area contributed by atoms with Crippen LogP contribution in [0.25, 0.3) is 10.8 Å². The van der Waals surface area contributed by atoms with Crippen LogP contribution >= 0.6 is 24.2 Å². The predicted octanol–water partition coefficient (Wildman–Crippen LogP) is 3.99. The zero-order chi connectivity index (χ0) is 16.1. The first-order valence-corrected chi connectivity index (χ1v) is 9.36. The number of carbonyl (C=O) groups is 1. The van der Waals surface area contributed by atoms with Crippen LogP contribution in [0.15, 0.2) is 47.4 Å². The van der Waals surface area contributed by atoms with Crippen molar-refractivity contribution in [3.8, 4) is 0 Å². The highest BCUT2D eigenvalue weighted by atomic mass is 35.5. The predicted molar refractivity (Wildman–Crippen MR) is 105 cm³/mol. The molecule has 1 aliphatic carbocycles. The molecule has 130 valence electrons. The Morgan fingerprint density at radius 1 is 1.12 bits per heavy atom. The average molecular weight is 365 g/mol. The molecular formula is C19H25ClN2OS. The van der Waals surface area contributed by atoms with Crippen molar-refractivity contribution in [2.75, 3.05) is 12.3 Å². The van der Waals surface area contributed by atoms with E-state index < -0.39 is 0 Å². The molecular weight excluding hydrogens is 340 g/mol. The summed E-state index contributed by atoms with van der Waals surface area (Å²) in [6, 6.07) is 14.9. The van der Waals surface area contributed by atoms with Crippen LogP contribution in [-0.2, 0) is 4.79 Å². The number of hydrogen-bond donors (Lipinski definition) is 2. The quantitative estimate of drug-likeness (QED) is 0.789. The maximum absolute atomic E-state index is 12.2. The monoisotopic (exact) mass is 364 g/mol. The van der Waals surface area contributed by atoms with E-state index in [1.165, 1.54) is 23.6 Å². The van der Waals surface area contributed by atoms with Gasteiger partial charge in [0.05, 0.1) is 5.75 Å². The molecule has 0 aliphatic heterocycles. The smallest absolute Gasteiger partial charge is 0.230 e. The average Bonchev–Trinajstić information content (AvgIpc) is 2.60. The van der Waals surface area contributed by atoms with E-state index in [1.807, 2.05) is 12.1 Å². The van der Waals surface area contributed by atoms with Gasteiger partial charge in [-0.25, -0.2) is 0 Å². The van der Waals surface area contributed by atoms with Crippen molar-refractivity contribution in [2.45, 2.75) is 36.6 Å². The minimum absolute atomic E-state index is 0. The molecule has 3 nitrogen and oxygen atoms in total. The number of fused-ring (bicyclic) bond motifs is 1. The molecule has 0 bridgehead atoms. The van der Waals surface area contributed by atoms with Crippen molar-refractivity contribution in [2.24, 2.45) is 11.7 Å². The van der Waals surface area contributed by atoms with E-state index in [-0.39, 0.29) is 24.4 Å². The second-order valence-electron chi connectivity index (χ2n) is 6.25. The first-order chi connectivity index (χ1) is 11.3. The Bertz CT molecular complexity index is 679. The van der Waals surface area contributed by atoms with E-state index in [1.54, 1.807) is 11.8 Å². The molecule has 0 aromatic heterocycles. The molecule has 0 radical (unpaired) electrons. The summed E-state index contributed by atoms with van der Waals surface area (Å²) in [5.41, 5.74) is 5.83. The van der Waals surface area contributed by atoms with Crippen LogP contribution in [-0.4, -0.2) is 24.2 Å². The summed E-state index contributed by atoms with van der Waals surface area (Å²) in [7, 11) is 0. The zero-order valence-electron chi connectivity index (χ0n) is 13.7. The lowest BCUT2D eigenvalue weighted by Gasteiger charge is -2.31. The van der Waals surface area contributed by atoms with Gasteiger partial charge in [0.2, 0.25) is 5.91 Å². The number of nitrogens with one attached hydrogen (secondary N) is 1. The summed E-state index contributed by atoms with van der Waals surface area (Å²) in [5.74, 6) is 1.03. The Labute approximate surface area is 154 Å². The zero-order valence-corrected chi connectivity index (χ0v) is 15.4. The number of thioether (sulfide) groups is 1. The van der Waals surface area contributed by atoms with Gasteiger partial charge < -0.3 is 11.1 Å². The molecule has 2 unspecified atom stereocenters. The minimum Gasteiger partial charge on any atom is -0.352 e. The highest BCUT2D eigenvalue weighted by Crippen LogP contribution is 2.25. The molecule has 2 aromatic carbocycles. The summed E-state index contributed by atoms with van der Waals surface area (Å²) < 4.78 is 0. The fraction of sp³-hybridized carbons (Fsp3) is 0.421. The maximum atomic E-state index is 12.2. The summed E-state index contributed by atoms with van der Waals surface area (Å²) in [4.78, 5) is 13.4. The molecule has 3 N–H and O–H groups in total. The van der Waals surface area contributed by atoms with Gasteiger partial charge >= 0.3 is 0 Å². The van der Waals surface area contributed by atoms with Gasteiger partial charge in [0.1, 0.15) is 0 Å². The van der Waals surface area contributed by atoms with Crippen molar-refractivity contribution in [1.82, 2.24) is 5.32 Å². The molecule has 3 rings (SSSR count). The van der Waals surface area contributed by atoms with Crippen molar-refractivity contribution in [3.63, 3.8) is 0 Å². The molecule has 0 heterocycles. The third-order valence-electron chi connectivity index (χ3n) is 4.65. The summed E-state index contributed by atoms with van der Waals surface area (Å²) in [6.07, 6.45) is 4.63. The fourth-order valence-electron chi connectivity index (χ4n) is 3.33. The topological polar surface area (TPSA) is 55.1 Å². The third-order valence-corrected chi connectivity index (χ3v) is 5.64. The number of hydrogen-bond acceptors (Lipinski definition) is 3. The molecule has 24 heavy (non-hydrogen) atoms. The van der Waals surface area contributed by atoms with Crippen molar-refractivity contribution < 1.29 is 4.79 Å². The van der Waals surface area contributed by atoms with Crippen LogP contribution < -0.4 is 11.1 Å². The molecule has 1 amide bonds. The van der Waals surface area contributed by atoms with Crippen molar-refractivity contribution in [3.05, 3.63) is 42.5 Å². The van der Waals surface area contributed by atoms with Crippen molar-refractivity contribution in [1.29, 1.82) is 0 Å². The molecule has 1 fully saturated rings. The van der Waals surface area contributed by atoms with Crippen LogP contribution in [0.4, 0.5) is 0 Å². The Balaban J connectivity index is 0.00000208. The molecule has 5 heteroatoms. The highest BCUT2D eigenvalue weighted by molar-refractivity contribution is 8.00. The highest BCUT2D eigenvalue weighted by Gasteiger charge is 2.25. The van der Waals surface area contributed by atoms with Gasteiger partial charge in [-0.1, -0.05) is 43.2 Å². The van der Waals surface area contributed by atoms with E-state index >= 15 is 0 Å². The summed E-state index contributed by atoms with van der Waals surface area (Å²) in [6.45, 7) is 0.669. The van der Waals surface area contributed by atoms with Gasteiger partial charge in [0, 0.05) is 10.9 Å². The second-order valence-corrected chi connectivity index (χ2v) is 7.30. The van der Waals surface area contributed by atoms with Crippen LogP contribution in [0.2, 0.25) is 0 Å². The van der Waals surface area contributed by atoms with Crippen LogP contribution in [0, 0.1) is 5.92 Å². The first kappa shape index (κ1) is 19.1. The largest absolute Gasteiger partial charge is 0.352 e. The fourth-order valence-corrected chi connectivity index (χ4v) is 4.09. The van der Waals surface area contributed by atoms with Crippen LogP contribution in [0.3, 0.4) is 0 Å². The van der Waals surface area contributed by atoms with E-state index in [2.05, 4.69) is 35.6 Å². The lowest BCUT2D eigenvalue weighted by Crippen LogP contribution is -2.45. The Kier molecular flexibility index (Phi) is 7.40. The van der Waals surface area contributed by atoms with Crippen LogP contribution in [0.1, 0.15) is 25.7 Å². The van der Waals surface area contributed by atoms with Crippen molar-refractivity contribution >= 4 is 40.8 Å². The standard InChI is InChI=1S/C19H24N2OS.ClH/c20-12-16-7-3-4-8-18(16)21-19(22)13-23-17-10-9-14-5-1-2-6-15(14)11-17;/h1-2,5-6,9-11,16,18H,3-4,7-8,12-13,20H2,(H,21,22);1H. The molecule has 1 aliphatic rings. The van der Waals surface area contributed by atoms with E-state index in [0.29, 0.717) is 18.2 Å². The van der Waals surface area contributed by atoms with Gasteiger partial charge in [-0.3, -0.25) is 4.79 Å². The van der Waals surface area contributed by atoms with Gasteiger partial charge in [0.25, 0.3) is 0 Å². The Morgan fingerprint density at radius 2 is 1.88 bits per heavy atom. The van der Waals surface area contributed by atoms with E-state index in [0.717, 1.165) is 17.7 Å². The number of rotatable bonds is 5. The number of carbonyl (C=O) groups excluding carboxylic acids is 1. The molecule has 1 saturated carbocycles. The summed E-state index contributed by atoms with van der Waals surface area (Å²) >= 11 is 1.60. The molecule has 2 aromatic rings. The molecule has 0 saturated heterocycles. The first-order valence-electron chi connectivity index (χ1n) is 8.37. The van der Waals surface area contributed by atoms with E-state index in [9.17, 15) is 4.79 Å². The van der Waals surface area contributed by atoms with Gasteiger partial charge in [-0.05, 0) is 48.2 Å². The van der Waals surface area contributed by atoms with Gasteiger partial charge in [-0.15, -0.1) is 24.2 Å². The normalized spacial score (nSPS) is 20.4. The Hall–Kier alpha value is -1.23. The number of benzene rings is 2. The van der Waals surface area contributed by atoms with Gasteiger partial charge in [0.15, 0.2) is 0 Å². The Morgan fingerprint density at radius 3 is 2.67 bits per heavy atom. The van der Waals surface area contributed by atoms with E-state index in [4.69, 9.17) is 5.73 Å². The lowest BCUT2D eigenvalue weighted by molar-refractivity contribution is -0.119. The third kappa shape index (κ3) is 4.88. The number of nitrogens with two attached hydrogens (primary N) is 1. The molecule has 2 atom stereocenters. The lowest BCUT2D eigenvalue weighted by atomic mass is 9.84. The number of halogens is 1. The van der Waals surface area contributed by atoms with Crippen LogP contribution in [0.5, 0.6) is 0 Å². The SMILES string of the molecule is Cl.NCC1CCCCC1NC(=O)CSc1ccc2ccccc2c1. The minimum atomic E-state index is 0. The number of amides is 1. The maximum Gasteiger partial charge on any atom is 0.230 e. The van der Waals surface area contributed by atoms with Gasteiger partial charge in [-0.2, -0.15) is 0 Å². The summed E-state index contributed by atoms with van der Waals surface area (Å²) in [5, 5.41) is 5.63. The molecule has 0 spiro atoms. The second kappa shape index (κ2) is 9.30.